The number of aromatic amines is 1. The van der Waals surface area contributed by atoms with Crippen molar-refractivity contribution in [1.82, 2.24) is 10.3 Å². The van der Waals surface area contributed by atoms with E-state index >= 15 is 0 Å². The number of carbonyl (C=O) groups is 3. The van der Waals surface area contributed by atoms with Crippen molar-refractivity contribution in [1.29, 1.82) is 0 Å². The number of ketones is 1. The van der Waals surface area contributed by atoms with Crippen molar-refractivity contribution < 1.29 is 19.1 Å². The van der Waals surface area contributed by atoms with Gasteiger partial charge in [-0.15, -0.1) is 11.3 Å². The Balaban J connectivity index is 1.33. The fourth-order valence-corrected chi connectivity index (χ4v) is 4.40. The van der Waals surface area contributed by atoms with E-state index in [4.69, 9.17) is 16.3 Å². The second kappa shape index (κ2) is 8.06. The maximum atomic E-state index is 12.3. The lowest BCUT2D eigenvalue weighted by Gasteiger charge is -2.05. The molecule has 2 heterocycles. The molecule has 0 spiro atoms. The summed E-state index contributed by atoms with van der Waals surface area (Å²) < 4.78 is 5.89. The van der Waals surface area contributed by atoms with E-state index in [1.165, 1.54) is 11.3 Å². The number of carbonyl (C=O) groups excluding carboxylic acids is 3. The van der Waals surface area contributed by atoms with Gasteiger partial charge in [-0.25, -0.2) is 0 Å². The van der Waals surface area contributed by atoms with Gasteiger partial charge in [0.05, 0.1) is 5.02 Å². The number of rotatable bonds is 6. The number of thiophene rings is 1. The molecule has 0 aliphatic heterocycles. The maximum absolute atomic E-state index is 12.3. The number of amides is 1. The van der Waals surface area contributed by atoms with Crippen LogP contribution in [0.4, 0.5) is 0 Å². The molecule has 0 radical (unpaired) electrons. The van der Waals surface area contributed by atoms with Crippen molar-refractivity contribution in [3.63, 3.8) is 0 Å². The number of halogens is 1. The van der Waals surface area contributed by atoms with Crippen LogP contribution in [-0.2, 0) is 9.53 Å². The topological polar surface area (TPSA) is 88.3 Å². The summed E-state index contributed by atoms with van der Waals surface area (Å²) in [6.07, 6.45) is 1.59. The summed E-state index contributed by atoms with van der Waals surface area (Å²) in [5.41, 5.74) is 1.28. The quantitative estimate of drug-likeness (QED) is 0.357. The van der Waals surface area contributed by atoms with E-state index in [0.717, 1.165) is 21.0 Å². The molecule has 2 aromatic heterocycles. The van der Waals surface area contributed by atoms with Gasteiger partial charge in [0.1, 0.15) is 11.4 Å². The minimum Gasteiger partial charge on any atom is -0.456 e. The zero-order valence-corrected chi connectivity index (χ0v) is 16.6. The average Bonchev–Trinajstić information content (AvgIpc) is 3.32. The van der Waals surface area contributed by atoms with Crippen molar-refractivity contribution in [2.45, 2.75) is 0 Å². The van der Waals surface area contributed by atoms with Gasteiger partial charge in [-0.2, -0.15) is 0 Å². The van der Waals surface area contributed by atoms with Gasteiger partial charge < -0.3 is 15.0 Å². The van der Waals surface area contributed by atoms with Gasteiger partial charge in [0.25, 0.3) is 5.91 Å². The molecule has 8 heteroatoms. The Kier molecular flexibility index (Phi) is 5.33. The molecule has 0 unspecified atom stereocenters. The molecule has 0 atom stereocenters. The van der Waals surface area contributed by atoms with Crippen LogP contribution < -0.4 is 5.32 Å². The van der Waals surface area contributed by atoms with E-state index in [1.54, 1.807) is 6.20 Å². The Morgan fingerprint density at radius 1 is 1.03 bits per heavy atom. The monoisotopic (exact) mass is 426 g/mol. The summed E-state index contributed by atoms with van der Waals surface area (Å²) in [5, 5.41) is 4.39. The fourth-order valence-electron chi connectivity index (χ4n) is 2.97. The number of benzene rings is 2. The Labute approximate surface area is 174 Å². The van der Waals surface area contributed by atoms with E-state index in [9.17, 15) is 14.4 Å². The molecule has 0 aliphatic rings. The third-order valence-electron chi connectivity index (χ3n) is 4.39. The SMILES string of the molecule is O=C(CNC(=O)c1sc2ccccc2c1Cl)OCC(=O)c1c[nH]c2ccccc12. The number of H-pyrrole nitrogens is 1. The highest BCUT2D eigenvalue weighted by Crippen LogP contribution is 2.34. The van der Waals surface area contributed by atoms with Crippen LogP contribution in [0.2, 0.25) is 5.02 Å². The largest absolute Gasteiger partial charge is 0.456 e. The van der Waals surface area contributed by atoms with Crippen molar-refractivity contribution in [2.75, 3.05) is 13.2 Å². The normalized spacial score (nSPS) is 10.9. The second-order valence-electron chi connectivity index (χ2n) is 6.26. The Morgan fingerprint density at radius 2 is 1.76 bits per heavy atom. The highest BCUT2D eigenvalue weighted by molar-refractivity contribution is 7.21. The molecule has 29 heavy (non-hydrogen) atoms. The van der Waals surface area contributed by atoms with E-state index in [2.05, 4.69) is 10.3 Å². The van der Waals surface area contributed by atoms with Gasteiger partial charge in [0.2, 0.25) is 5.78 Å². The van der Waals surface area contributed by atoms with Crippen LogP contribution in [-0.4, -0.2) is 35.8 Å². The summed E-state index contributed by atoms with van der Waals surface area (Å²) in [6.45, 7) is -0.759. The number of esters is 1. The molecule has 2 aromatic carbocycles. The number of ether oxygens (including phenoxy) is 1. The molecule has 4 aromatic rings. The first-order chi connectivity index (χ1) is 14.0. The fraction of sp³-hybridized carbons (Fsp3) is 0.0952. The molecule has 0 saturated heterocycles. The Hall–Kier alpha value is -3.16. The van der Waals surface area contributed by atoms with Crippen LogP contribution in [0, 0.1) is 0 Å². The Morgan fingerprint density at radius 3 is 2.55 bits per heavy atom. The van der Waals surface area contributed by atoms with Crippen LogP contribution in [0.1, 0.15) is 20.0 Å². The lowest BCUT2D eigenvalue weighted by molar-refractivity contribution is -0.141. The first-order valence-corrected chi connectivity index (χ1v) is 9.94. The lowest BCUT2D eigenvalue weighted by Crippen LogP contribution is -2.31. The number of aromatic nitrogens is 1. The number of hydrogen-bond acceptors (Lipinski definition) is 5. The van der Waals surface area contributed by atoms with Crippen LogP contribution in [0.15, 0.2) is 54.7 Å². The predicted octanol–water partition coefficient (Wildman–Crippen LogP) is 4.19. The number of para-hydroxylation sites is 1. The van der Waals surface area contributed by atoms with Crippen LogP contribution >= 0.6 is 22.9 Å². The summed E-state index contributed by atoms with van der Waals surface area (Å²) in [4.78, 5) is 40.0. The summed E-state index contributed by atoms with van der Waals surface area (Å²) >= 11 is 7.51. The van der Waals surface area contributed by atoms with Crippen LogP contribution in [0.5, 0.6) is 0 Å². The second-order valence-corrected chi connectivity index (χ2v) is 7.69. The van der Waals surface area contributed by atoms with Gasteiger partial charge in [-0.1, -0.05) is 48.0 Å². The van der Waals surface area contributed by atoms with Crippen molar-refractivity contribution in [3.05, 3.63) is 70.2 Å². The number of Topliss-reactive ketones (excluding diaryl/α,β-unsaturated/α-hetero) is 1. The van der Waals surface area contributed by atoms with E-state index in [-0.39, 0.29) is 12.3 Å². The van der Waals surface area contributed by atoms with Gasteiger partial charge in [0, 0.05) is 32.7 Å². The van der Waals surface area contributed by atoms with Crippen LogP contribution in [0.25, 0.3) is 21.0 Å². The van der Waals surface area contributed by atoms with E-state index in [1.807, 2.05) is 48.5 Å². The molecule has 0 fully saturated rings. The standard InChI is InChI=1S/C21H15ClN2O4S/c22-19-13-6-2-4-8-17(13)29-20(19)21(27)24-10-18(26)28-11-16(25)14-9-23-15-7-3-1-5-12(14)15/h1-9,23H,10-11H2,(H,24,27). The van der Waals surface area contributed by atoms with Gasteiger partial charge in [0.15, 0.2) is 6.61 Å². The van der Waals surface area contributed by atoms with E-state index < -0.39 is 18.5 Å². The molecule has 0 bridgehead atoms. The maximum Gasteiger partial charge on any atom is 0.325 e. The number of nitrogens with one attached hydrogen (secondary N) is 2. The molecule has 1 amide bonds. The lowest BCUT2D eigenvalue weighted by atomic mass is 10.1. The highest BCUT2D eigenvalue weighted by Gasteiger charge is 2.19. The first kappa shape index (κ1) is 19.2. The molecule has 0 saturated carbocycles. The first-order valence-electron chi connectivity index (χ1n) is 8.75. The zero-order chi connectivity index (χ0) is 20.4. The van der Waals surface area contributed by atoms with Crippen molar-refractivity contribution in [3.8, 4) is 0 Å². The molecule has 146 valence electrons. The van der Waals surface area contributed by atoms with Crippen molar-refractivity contribution in [2.24, 2.45) is 0 Å². The third kappa shape index (κ3) is 3.87. The predicted molar refractivity (Wildman–Crippen MR) is 113 cm³/mol. The minimum atomic E-state index is -0.705. The molecule has 6 nitrogen and oxygen atoms in total. The molecule has 4 rings (SSSR count). The molecular weight excluding hydrogens is 412 g/mol. The smallest absolute Gasteiger partial charge is 0.325 e. The molecular formula is C21H15ClN2O4S. The average molecular weight is 427 g/mol. The molecule has 2 N–H and O–H groups in total. The summed E-state index contributed by atoms with van der Waals surface area (Å²) in [6, 6.07) is 14.8. The minimum absolute atomic E-state index is 0.324. The van der Waals surface area contributed by atoms with Crippen LogP contribution in [0.3, 0.4) is 0 Å². The number of fused-ring (bicyclic) bond motifs is 2. The van der Waals surface area contributed by atoms with E-state index in [0.29, 0.717) is 15.5 Å². The van der Waals surface area contributed by atoms with Gasteiger partial charge in [-0.3, -0.25) is 14.4 Å². The number of hydrogen-bond donors (Lipinski definition) is 2. The summed E-state index contributed by atoms with van der Waals surface area (Å²) in [5.74, 6) is -1.49. The summed E-state index contributed by atoms with van der Waals surface area (Å²) in [7, 11) is 0. The molecule has 0 aliphatic carbocycles. The Bertz CT molecular complexity index is 1240. The van der Waals surface area contributed by atoms with Gasteiger partial charge >= 0.3 is 5.97 Å². The zero-order valence-electron chi connectivity index (χ0n) is 15.0. The van der Waals surface area contributed by atoms with Gasteiger partial charge in [-0.05, 0) is 12.1 Å². The highest BCUT2D eigenvalue weighted by atomic mass is 35.5. The third-order valence-corrected chi connectivity index (χ3v) is 6.06. The van der Waals surface area contributed by atoms with Crippen molar-refractivity contribution >= 4 is 61.6 Å².